The van der Waals surface area contributed by atoms with E-state index in [-0.39, 0.29) is 18.0 Å². The van der Waals surface area contributed by atoms with Gasteiger partial charge in [0.1, 0.15) is 0 Å². The van der Waals surface area contributed by atoms with E-state index in [4.69, 9.17) is 0 Å². The van der Waals surface area contributed by atoms with E-state index in [1.54, 1.807) is 12.4 Å². The second-order valence-electron chi connectivity index (χ2n) is 7.31. The molecule has 3 aromatic rings. The predicted octanol–water partition coefficient (Wildman–Crippen LogP) is 3.88. The molecule has 1 saturated heterocycles. The summed E-state index contributed by atoms with van der Waals surface area (Å²) in [6.07, 6.45) is 3.51. The Bertz CT molecular complexity index is 916. The Kier molecular flexibility index (Phi) is 5.06. The van der Waals surface area contributed by atoms with E-state index in [0.29, 0.717) is 0 Å². The molecule has 0 N–H and O–H groups in total. The molecule has 4 rings (SSSR count). The monoisotopic (exact) mass is 372 g/mol. The zero-order valence-corrected chi connectivity index (χ0v) is 16.2. The molecular formula is C23H24N4O. The van der Waals surface area contributed by atoms with Gasteiger partial charge < -0.3 is 9.80 Å². The van der Waals surface area contributed by atoms with Crippen molar-refractivity contribution < 1.29 is 4.79 Å². The number of carbonyl (C=O) groups is 1. The van der Waals surface area contributed by atoms with Crippen molar-refractivity contribution >= 4 is 11.9 Å². The fraction of sp³-hybridized carbons (Fsp3) is 0.261. The third-order valence-corrected chi connectivity index (χ3v) is 5.23. The summed E-state index contributed by atoms with van der Waals surface area (Å²) in [5.74, 6) is 0.800. The molecule has 0 spiro atoms. The lowest BCUT2D eigenvalue weighted by atomic mass is 10.0. The molecule has 142 valence electrons. The van der Waals surface area contributed by atoms with Crippen LogP contribution in [0.4, 0.5) is 5.95 Å². The van der Waals surface area contributed by atoms with Gasteiger partial charge in [-0.25, -0.2) is 9.97 Å². The van der Waals surface area contributed by atoms with Crippen LogP contribution in [0.3, 0.4) is 0 Å². The van der Waals surface area contributed by atoms with Gasteiger partial charge in [0.25, 0.3) is 5.91 Å². The number of aromatic nitrogens is 2. The average molecular weight is 372 g/mol. The Morgan fingerprint density at radius 3 is 2.00 bits per heavy atom. The number of hydrogen-bond donors (Lipinski definition) is 0. The Balaban J connectivity index is 1.50. The summed E-state index contributed by atoms with van der Waals surface area (Å²) < 4.78 is 0. The molecule has 1 aliphatic heterocycles. The molecule has 1 aliphatic rings. The highest BCUT2D eigenvalue weighted by Gasteiger charge is 2.34. The molecule has 0 radical (unpaired) electrons. The topological polar surface area (TPSA) is 49.3 Å². The van der Waals surface area contributed by atoms with Crippen LogP contribution in [-0.2, 0) is 0 Å². The van der Waals surface area contributed by atoms with E-state index in [0.717, 1.165) is 35.7 Å². The molecular weight excluding hydrogens is 348 g/mol. The first kappa shape index (κ1) is 18.2. The van der Waals surface area contributed by atoms with E-state index >= 15 is 0 Å². The first-order valence-corrected chi connectivity index (χ1v) is 9.63. The average Bonchev–Trinajstić information content (AvgIpc) is 2.74. The van der Waals surface area contributed by atoms with Gasteiger partial charge in [0.15, 0.2) is 0 Å². The number of benzene rings is 2. The molecule has 2 aromatic carbocycles. The third-order valence-electron chi connectivity index (χ3n) is 5.23. The van der Waals surface area contributed by atoms with Crippen molar-refractivity contribution in [2.75, 3.05) is 18.0 Å². The first-order chi connectivity index (χ1) is 13.6. The molecule has 1 fully saturated rings. The minimum absolute atomic E-state index is 0.0771. The van der Waals surface area contributed by atoms with Gasteiger partial charge in [-0.1, -0.05) is 42.5 Å². The Labute approximate surface area is 165 Å². The smallest absolute Gasteiger partial charge is 0.254 e. The van der Waals surface area contributed by atoms with Crippen molar-refractivity contribution in [1.29, 1.82) is 0 Å². The molecule has 1 aromatic heterocycles. The van der Waals surface area contributed by atoms with E-state index in [9.17, 15) is 4.79 Å². The van der Waals surface area contributed by atoms with Gasteiger partial charge in [-0.2, -0.15) is 0 Å². The molecule has 2 unspecified atom stereocenters. The van der Waals surface area contributed by atoms with Crippen molar-refractivity contribution in [3.8, 4) is 11.1 Å². The zero-order chi connectivity index (χ0) is 19.5. The molecule has 28 heavy (non-hydrogen) atoms. The summed E-state index contributed by atoms with van der Waals surface area (Å²) in [5, 5.41) is 0. The second-order valence-corrected chi connectivity index (χ2v) is 7.31. The number of anilines is 1. The van der Waals surface area contributed by atoms with Gasteiger partial charge in [-0.15, -0.1) is 0 Å². The Morgan fingerprint density at radius 1 is 0.821 bits per heavy atom. The van der Waals surface area contributed by atoms with Gasteiger partial charge in [0.05, 0.1) is 0 Å². The van der Waals surface area contributed by atoms with Crippen LogP contribution in [0.1, 0.15) is 24.2 Å². The minimum atomic E-state index is 0.0771. The number of carbonyl (C=O) groups excluding carboxylic acids is 1. The maximum Gasteiger partial charge on any atom is 0.254 e. The number of nitrogens with zero attached hydrogens (tertiary/aromatic N) is 4. The summed E-state index contributed by atoms with van der Waals surface area (Å²) >= 11 is 0. The molecule has 5 nitrogen and oxygen atoms in total. The van der Waals surface area contributed by atoms with Crippen molar-refractivity contribution in [2.24, 2.45) is 0 Å². The highest BCUT2D eigenvalue weighted by Crippen LogP contribution is 2.24. The molecule has 0 bridgehead atoms. The normalized spacial score (nSPS) is 19.5. The van der Waals surface area contributed by atoms with E-state index < -0.39 is 0 Å². The largest absolute Gasteiger partial charge is 0.337 e. The standard InChI is InChI=1S/C23H24N4O/c1-17-15-26(23-24-13-6-14-25-23)16-18(2)27(17)22(28)21-11-9-20(10-12-21)19-7-4-3-5-8-19/h3-14,17-18H,15-16H2,1-2H3. The second kappa shape index (κ2) is 7.80. The van der Waals surface area contributed by atoms with Crippen molar-refractivity contribution in [3.63, 3.8) is 0 Å². The summed E-state index contributed by atoms with van der Waals surface area (Å²) in [4.78, 5) is 26.0. The van der Waals surface area contributed by atoms with Gasteiger partial charge in [0.2, 0.25) is 5.95 Å². The van der Waals surface area contributed by atoms with Crippen molar-refractivity contribution in [1.82, 2.24) is 14.9 Å². The van der Waals surface area contributed by atoms with E-state index in [2.05, 4.69) is 40.8 Å². The number of amides is 1. The maximum atomic E-state index is 13.2. The van der Waals surface area contributed by atoms with Gasteiger partial charge >= 0.3 is 0 Å². The van der Waals surface area contributed by atoms with Crippen LogP contribution >= 0.6 is 0 Å². The number of rotatable bonds is 3. The van der Waals surface area contributed by atoms with Crippen LogP contribution in [0.25, 0.3) is 11.1 Å². The summed E-state index contributed by atoms with van der Waals surface area (Å²) in [6, 6.07) is 20.1. The first-order valence-electron chi connectivity index (χ1n) is 9.63. The SMILES string of the molecule is CC1CN(c2ncccn2)CC(C)N1C(=O)c1ccc(-c2ccccc2)cc1. The highest BCUT2D eigenvalue weighted by atomic mass is 16.2. The van der Waals surface area contributed by atoms with Crippen LogP contribution < -0.4 is 4.90 Å². The molecule has 2 atom stereocenters. The van der Waals surface area contributed by atoms with Crippen LogP contribution in [0.2, 0.25) is 0 Å². The van der Waals surface area contributed by atoms with E-state index in [1.807, 2.05) is 53.4 Å². The number of piperazine rings is 1. The highest BCUT2D eigenvalue weighted by molar-refractivity contribution is 5.95. The van der Waals surface area contributed by atoms with Crippen LogP contribution in [0.5, 0.6) is 0 Å². The lowest BCUT2D eigenvalue weighted by molar-refractivity contribution is 0.0573. The minimum Gasteiger partial charge on any atom is -0.337 e. The predicted molar refractivity (Wildman–Crippen MR) is 111 cm³/mol. The summed E-state index contributed by atoms with van der Waals surface area (Å²) in [7, 11) is 0. The van der Waals surface area contributed by atoms with Crippen LogP contribution in [0, 0.1) is 0 Å². The fourth-order valence-electron chi connectivity index (χ4n) is 3.93. The van der Waals surface area contributed by atoms with Gasteiger partial charge in [-0.3, -0.25) is 4.79 Å². The summed E-state index contributed by atoms with van der Waals surface area (Å²) in [5.41, 5.74) is 2.99. The lowest BCUT2D eigenvalue weighted by Gasteiger charge is -2.44. The Morgan fingerprint density at radius 2 is 1.39 bits per heavy atom. The maximum absolute atomic E-state index is 13.2. The van der Waals surface area contributed by atoms with Gasteiger partial charge in [-0.05, 0) is 43.2 Å². The fourth-order valence-corrected chi connectivity index (χ4v) is 3.93. The lowest BCUT2D eigenvalue weighted by Crippen LogP contribution is -2.59. The zero-order valence-electron chi connectivity index (χ0n) is 16.2. The molecule has 0 aliphatic carbocycles. The Hall–Kier alpha value is -3.21. The third kappa shape index (κ3) is 3.60. The van der Waals surface area contributed by atoms with Crippen LogP contribution in [-0.4, -0.2) is 45.9 Å². The van der Waals surface area contributed by atoms with Crippen molar-refractivity contribution in [3.05, 3.63) is 78.6 Å². The van der Waals surface area contributed by atoms with E-state index in [1.165, 1.54) is 0 Å². The molecule has 1 amide bonds. The van der Waals surface area contributed by atoms with Crippen molar-refractivity contribution in [2.45, 2.75) is 25.9 Å². The molecule has 5 heteroatoms. The quantitative estimate of drug-likeness (QED) is 0.700. The number of hydrogen-bond acceptors (Lipinski definition) is 4. The molecule has 0 saturated carbocycles. The van der Waals surface area contributed by atoms with Crippen LogP contribution in [0.15, 0.2) is 73.1 Å². The van der Waals surface area contributed by atoms with Gasteiger partial charge in [0, 0.05) is 43.1 Å². The summed E-state index contributed by atoms with van der Waals surface area (Å²) in [6.45, 7) is 5.62. The molecule has 2 heterocycles.